The molecule has 0 saturated heterocycles. The molecule has 1 amide bonds. The summed E-state index contributed by atoms with van der Waals surface area (Å²) in [6.07, 6.45) is 6.43. The van der Waals surface area contributed by atoms with Crippen molar-refractivity contribution in [2.45, 2.75) is 0 Å². The molecular weight excluding hydrogens is 312 g/mol. The van der Waals surface area contributed by atoms with Crippen LogP contribution in [0.1, 0.15) is 5.56 Å². The molecule has 23 heavy (non-hydrogen) atoms. The second-order valence-corrected chi connectivity index (χ2v) is 5.29. The number of primary amides is 1. The number of fused-ring (bicyclic) bond motifs is 1. The molecule has 1 aromatic carbocycles. The number of hydrogen-bond acceptors (Lipinski definition) is 2. The average Bonchev–Trinajstić information content (AvgIpc) is 2.95. The van der Waals surface area contributed by atoms with Gasteiger partial charge in [-0.15, -0.1) is 0 Å². The van der Waals surface area contributed by atoms with Crippen LogP contribution in [0.15, 0.2) is 42.7 Å². The van der Waals surface area contributed by atoms with E-state index in [1.807, 2.05) is 12.1 Å². The van der Waals surface area contributed by atoms with Gasteiger partial charge in [-0.3, -0.25) is 4.79 Å². The van der Waals surface area contributed by atoms with Crippen LogP contribution in [0, 0.1) is 6.57 Å². The molecule has 6 heteroatoms. The number of rotatable bonds is 3. The lowest BCUT2D eigenvalue weighted by molar-refractivity contribution is -0.113. The Morgan fingerprint density at radius 3 is 2.87 bits per heavy atom. The minimum atomic E-state index is -0.509. The van der Waals surface area contributed by atoms with Gasteiger partial charge in [0.2, 0.25) is 11.6 Å². The smallest absolute Gasteiger partial charge is 0.241 e. The largest absolute Gasteiger partial charge is 0.366 e. The Morgan fingerprint density at radius 2 is 2.17 bits per heavy atom. The van der Waals surface area contributed by atoms with Crippen molar-refractivity contribution < 1.29 is 4.79 Å². The number of pyridine rings is 1. The van der Waals surface area contributed by atoms with Crippen LogP contribution >= 0.6 is 11.6 Å². The van der Waals surface area contributed by atoms with E-state index in [1.165, 1.54) is 6.08 Å². The third kappa shape index (κ3) is 2.93. The Hall–Kier alpha value is -3.10. The van der Waals surface area contributed by atoms with Crippen LogP contribution in [0.3, 0.4) is 0 Å². The summed E-state index contributed by atoms with van der Waals surface area (Å²) in [5.74, 6) is -0.509. The number of hydrogen-bond donors (Lipinski definition) is 2. The monoisotopic (exact) mass is 322 g/mol. The van der Waals surface area contributed by atoms with Gasteiger partial charge >= 0.3 is 0 Å². The van der Waals surface area contributed by atoms with Crippen LogP contribution in [0.2, 0.25) is 5.02 Å². The predicted molar refractivity (Wildman–Crippen MR) is 91.0 cm³/mol. The fraction of sp³-hybridized carbons (Fsp3) is 0. The van der Waals surface area contributed by atoms with E-state index >= 15 is 0 Å². The van der Waals surface area contributed by atoms with Crippen LogP contribution in [0.4, 0.5) is 5.69 Å². The number of aromatic nitrogens is 2. The number of amides is 1. The third-order valence-corrected chi connectivity index (χ3v) is 3.69. The van der Waals surface area contributed by atoms with Gasteiger partial charge in [0, 0.05) is 40.0 Å². The molecule has 0 spiro atoms. The summed E-state index contributed by atoms with van der Waals surface area (Å²) in [6, 6.07) is 7.19. The molecule has 5 nitrogen and oxygen atoms in total. The summed E-state index contributed by atoms with van der Waals surface area (Å²) in [7, 11) is 0. The van der Waals surface area contributed by atoms with Crippen LogP contribution in [-0.4, -0.2) is 15.9 Å². The third-order valence-electron chi connectivity index (χ3n) is 3.39. The lowest BCUT2D eigenvalue weighted by Gasteiger charge is -2.04. The summed E-state index contributed by atoms with van der Waals surface area (Å²) >= 11 is 6.09. The van der Waals surface area contributed by atoms with Gasteiger partial charge in [-0.1, -0.05) is 23.7 Å². The number of aromatic amines is 1. The Morgan fingerprint density at radius 1 is 1.35 bits per heavy atom. The summed E-state index contributed by atoms with van der Waals surface area (Å²) in [5.41, 5.74) is 8.80. The first-order valence-corrected chi connectivity index (χ1v) is 7.08. The number of nitrogens with one attached hydrogen (secondary N) is 1. The highest BCUT2D eigenvalue weighted by Gasteiger charge is 2.08. The fourth-order valence-electron chi connectivity index (χ4n) is 2.27. The van der Waals surface area contributed by atoms with Crippen molar-refractivity contribution in [3.63, 3.8) is 0 Å². The zero-order valence-corrected chi connectivity index (χ0v) is 12.6. The lowest BCUT2D eigenvalue weighted by atomic mass is 10.1. The number of nitrogens with two attached hydrogens (primary N) is 1. The summed E-state index contributed by atoms with van der Waals surface area (Å²) < 4.78 is 0. The maximum atomic E-state index is 10.9. The van der Waals surface area contributed by atoms with E-state index in [0.29, 0.717) is 16.4 Å². The van der Waals surface area contributed by atoms with Crippen LogP contribution in [-0.2, 0) is 4.79 Å². The number of carbonyl (C=O) groups excluding carboxylic acids is 1. The van der Waals surface area contributed by atoms with Gasteiger partial charge < -0.3 is 10.7 Å². The Balaban J connectivity index is 2.09. The molecule has 0 aliphatic carbocycles. The second kappa shape index (κ2) is 5.95. The predicted octanol–water partition coefficient (Wildman–Crippen LogP) is 3.93. The van der Waals surface area contributed by atoms with Gasteiger partial charge in [0.1, 0.15) is 5.65 Å². The highest BCUT2D eigenvalue weighted by molar-refractivity contribution is 6.33. The second-order valence-electron chi connectivity index (χ2n) is 4.88. The van der Waals surface area contributed by atoms with Crippen molar-refractivity contribution in [2.75, 3.05) is 0 Å². The van der Waals surface area contributed by atoms with Gasteiger partial charge in [-0.25, -0.2) is 9.83 Å². The van der Waals surface area contributed by atoms with Crippen molar-refractivity contribution in [1.29, 1.82) is 0 Å². The quantitative estimate of drug-likeness (QED) is 0.566. The number of H-pyrrole nitrogens is 1. The number of nitrogens with zero attached hydrogens (tertiary/aromatic N) is 2. The van der Waals surface area contributed by atoms with Crippen LogP contribution < -0.4 is 5.73 Å². The first-order chi connectivity index (χ1) is 11.1. The number of halogens is 1. The van der Waals surface area contributed by atoms with E-state index in [9.17, 15) is 4.79 Å². The van der Waals surface area contributed by atoms with Crippen molar-refractivity contribution >= 4 is 40.3 Å². The normalized spacial score (nSPS) is 11.0. The number of carbonyl (C=O) groups is 1. The number of benzene rings is 1. The molecule has 0 atom stereocenters. The Kier molecular flexibility index (Phi) is 3.83. The average molecular weight is 323 g/mol. The van der Waals surface area contributed by atoms with Crippen molar-refractivity contribution in [1.82, 2.24) is 9.97 Å². The first kappa shape index (κ1) is 14.8. The van der Waals surface area contributed by atoms with Gasteiger partial charge in [0.05, 0.1) is 6.57 Å². The van der Waals surface area contributed by atoms with E-state index < -0.39 is 5.91 Å². The SMILES string of the molecule is [C-]#[N+]c1ccc(-c2cnc3[nH]cc(/C=C/C(N)=O)c3c2)cc1Cl. The molecule has 3 rings (SSSR count). The zero-order chi connectivity index (χ0) is 16.4. The van der Waals surface area contributed by atoms with Crippen molar-refractivity contribution in [3.8, 4) is 11.1 Å². The van der Waals surface area contributed by atoms with E-state index in [2.05, 4.69) is 14.8 Å². The molecule has 0 aliphatic rings. The van der Waals surface area contributed by atoms with Crippen molar-refractivity contribution in [2.24, 2.45) is 5.73 Å². The molecule has 0 aliphatic heterocycles. The summed E-state index contributed by atoms with van der Waals surface area (Å²) in [5, 5.41) is 1.27. The van der Waals surface area contributed by atoms with E-state index in [0.717, 1.165) is 22.1 Å². The molecule has 0 radical (unpaired) electrons. The van der Waals surface area contributed by atoms with Gasteiger partial charge in [-0.2, -0.15) is 0 Å². The summed E-state index contributed by atoms with van der Waals surface area (Å²) in [6.45, 7) is 7.03. The van der Waals surface area contributed by atoms with Crippen LogP contribution in [0.25, 0.3) is 33.1 Å². The molecule has 0 unspecified atom stereocenters. The topological polar surface area (TPSA) is 76.1 Å². The maximum absolute atomic E-state index is 10.9. The molecule has 112 valence electrons. The molecule has 2 heterocycles. The molecule has 2 aromatic heterocycles. The zero-order valence-electron chi connectivity index (χ0n) is 11.9. The Labute approximate surface area is 137 Å². The molecular formula is C17H11ClN4O. The maximum Gasteiger partial charge on any atom is 0.241 e. The van der Waals surface area contributed by atoms with E-state index in [-0.39, 0.29) is 0 Å². The summed E-state index contributed by atoms with van der Waals surface area (Å²) in [4.78, 5) is 21.6. The van der Waals surface area contributed by atoms with Gasteiger partial charge in [-0.05, 0) is 23.8 Å². The van der Waals surface area contributed by atoms with Gasteiger partial charge in [0.25, 0.3) is 0 Å². The molecule has 0 fully saturated rings. The fourth-order valence-corrected chi connectivity index (χ4v) is 2.49. The first-order valence-electron chi connectivity index (χ1n) is 6.70. The van der Waals surface area contributed by atoms with Gasteiger partial charge in [0.15, 0.2) is 0 Å². The highest BCUT2D eigenvalue weighted by atomic mass is 35.5. The molecule has 0 saturated carbocycles. The van der Waals surface area contributed by atoms with Crippen LogP contribution in [0.5, 0.6) is 0 Å². The van der Waals surface area contributed by atoms with Crippen molar-refractivity contribution in [3.05, 3.63) is 64.7 Å². The molecule has 3 N–H and O–H groups in total. The molecule has 3 aromatic rings. The van der Waals surface area contributed by atoms with E-state index in [4.69, 9.17) is 23.9 Å². The lowest BCUT2D eigenvalue weighted by Crippen LogP contribution is -2.04. The minimum Gasteiger partial charge on any atom is -0.366 e. The van der Waals surface area contributed by atoms with E-state index in [1.54, 1.807) is 30.6 Å². The standard InChI is InChI=1S/C17H11ClN4O/c1-20-15-4-2-10(7-14(15)18)12-6-13-11(3-5-16(19)23)8-21-17(13)22-9-12/h2-9H,(H2,19,23)(H,21,22)/b5-3+. The molecule has 0 bridgehead atoms. The highest BCUT2D eigenvalue weighted by Crippen LogP contribution is 2.32. The Bertz CT molecular complexity index is 982. The minimum absolute atomic E-state index is 0.403.